The number of benzene rings is 8. The summed E-state index contributed by atoms with van der Waals surface area (Å²) in [5.74, 6) is 0. The van der Waals surface area contributed by atoms with Crippen LogP contribution in [0.15, 0.2) is 158 Å². The van der Waals surface area contributed by atoms with Gasteiger partial charge in [0.05, 0.1) is 0 Å². The third kappa shape index (κ3) is 5.24. The van der Waals surface area contributed by atoms with Crippen molar-refractivity contribution in [2.75, 3.05) is 4.90 Å². The summed E-state index contributed by atoms with van der Waals surface area (Å²) in [6.45, 7) is 16.8. The first kappa shape index (κ1) is 38.6. The van der Waals surface area contributed by atoms with Crippen molar-refractivity contribution in [3.63, 3.8) is 0 Å². The predicted molar refractivity (Wildman–Crippen MR) is 278 cm³/mol. The summed E-state index contributed by atoms with van der Waals surface area (Å²) >= 11 is 0. The van der Waals surface area contributed by atoms with Crippen LogP contribution < -0.4 is 15.8 Å². The van der Waals surface area contributed by atoms with E-state index in [0.717, 1.165) is 20.1 Å². The zero-order valence-electron chi connectivity index (χ0n) is 38.6. The number of hydrogen-bond donors (Lipinski definition) is 1. The van der Waals surface area contributed by atoms with Gasteiger partial charge in [-0.05, 0) is 132 Å². The maximum absolute atomic E-state index is 3.99. The molecule has 3 heteroatoms. The van der Waals surface area contributed by atoms with Crippen molar-refractivity contribution in [2.24, 2.45) is 0 Å². The second-order valence-corrected chi connectivity index (χ2v) is 20.8. The molecule has 1 N–H and O–H groups in total. The second-order valence-electron chi connectivity index (χ2n) is 20.8. The molecule has 8 aromatic carbocycles. The molecule has 4 aliphatic rings. The molecule has 65 heavy (non-hydrogen) atoms. The van der Waals surface area contributed by atoms with Crippen molar-refractivity contribution in [3.8, 4) is 33.4 Å². The Bertz CT molecular complexity index is 3520. The van der Waals surface area contributed by atoms with Crippen molar-refractivity contribution in [3.05, 3.63) is 202 Å². The van der Waals surface area contributed by atoms with E-state index < -0.39 is 0 Å². The van der Waals surface area contributed by atoms with Crippen LogP contribution in [0, 0.1) is 0 Å². The maximum Gasteiger partial charge on any atom is 0.198 e. The van der Waals surface area contributed by atoms with Gasteiger partial charge < -0.3 is 9.88 Å². The first-order valence-corrected chi connectivity index (χ1v) is 23.8. The van der Waals surface area contributed by atoms with Crippen LogP contribution in [-0.2, 0) is 16.2 Å². The van der Waals surface area contributed by atoms with Gasteiger partial charge >= 0.3 is 0 Å². The van der Waals surface area contributed by atoms with Crippen LogP contribution in [0.3, 0.4) is 0 Å². The Kier molecular flexibility index (Phi) is 7.94. The van der Waals surface area contributed by atoms with Gasteiger partial charge in [0.15, 0.2) is 7.28 Å². The molecule has 1 aliphatic heterocycles. The largest absolute Gasteiger partial charge is 0.355 e. The molecule has 9 aromatic rings. The van der Waals surface area contributed by atoms with Crippen molar-refractivity contribution in [1.29, 1.82) is 0 Å². The molecule has 314 valence electrons. The molecule has 2 heterocycles. The summed E-state index contributed by atoms with van der Waals surface area (Å²) in [7, 11) is 0.834. The molecule has 0 saturated carbocycles. The highest BCUT2D eigenvalue weighted by Crippen LogP contribution is 2.58. The van der Waals surface area contributed by atoms with Gasteiger partial charge in [0.25, 0.3) is 0 Å². The molecule has 3 aliphatic carbocycles. The number of nitrogens with one attached hydrogen (secondary N) is 1. The molecule has 0 unspecified atom stereocenters. The van der Waals surface area contributed by atoms with Gasteiger partial charge in [-0.1, -0.05) is 176 Å². The van der Waals surface area contributed by atoms with E-state index in [1.807, 2.05) is 0 Å². The summed E-state index contributed by atoms with van der Waals surface area (Å²) in [5.41, 5.74) is 27.7. The van der Waals surface area contributed by atoms with Crippen LogP contribution in [-0.4, -0.2) is 12.3 Å². The van der Waals surface area contributed by atoms with Gasteiger partial charge in [-0.25, -0.2) is 0 Å². The number of anilines is 3. The van der Waals surface area contributed by atoms with Gasteiger partial charge in [0, 0.05) is 61.0 Å². The lowest BCUT2D eigenvalue weighted by atomic mass is 9.56. The van der Waals surface area contributed by atoms with Gasteiger partial charge in [-0.15, -0.1) is 0 Å². The molecule has 1 aromatic heterocycles. The van der Waals surface area contributed by atoms with E-state index in [1.165, 1.54) is 133 Å². The maximum atomic E-state index is 3.99. The fraction of sp³-hybridized carbons (Fsp3) is 0.194. The quantitative estimate of drug-likeness (QED) is 0.171. The van der Waals surface area contributed by atoms with E-state index in [-0.39, 0.29) is 16.2 Å². The van der Waals surface area contributed by atoms with Crippen LogP contribution in [0.5, 0.6) is 0 Å². The summed E-state index contributed by atoms with van der Waals surface area (Å²) in [6.07, 6.45) is 4.59. The lowest BCUT2D eigenvalue weighted by Crippen LogP contribution is -2.43. The minimum atomic E-state index is -0.211. The van der Waals surface area contributed by atoms with E-state index in [1.54, 1.807) is 0 Å². The van der Waals surface area contributed by atoms with E-state index in [9.17, 15) is 0 Å². The normalized spacial score (nSPS) is 16.3. The van der Waals surface area contributed by atoms with E-state index in [4.69, 9.17) is 0 Å². The number of hydrogen-bond acceptors (Lipinski definition) is 1. The van der Waals surface area contributed by atoms with Crippen molar-refractivity contribution < 1.29 is 0 Å². The van der Waals surface area contributed by atoms with Crippen molar-refractivity contribution in [2.45, 2.75) is 77.6 Å². The highest BCUT2D eigenvalue weighted by Gasteiger charge is 2.44. The van der Waals surface area contributed by atoms with Crippen molar-refractivity contribution in [1.82, 2.24) is 4.98 Å². The fourth-order valence-electron chi connectivity index (χ4n) is 12.7. The zero-order valence-corrected chi connectivity index (χ0v) is 38.6. The number of allylic oxidation sites excluding steroid dienone is 1. The minimum Gasteiger partial charge on any atom is -0.355 e. The summed E-state index contributed by atoms with van der Waals surface area (Å²) in [6, 6.07) is 58.4. The van der Waals surface area contributed by atoms with E-state index in [0.29, 0.717) is 0 Å². The average molecular weight is 837 g/mol. The number of rotatable bonds is 5. The van der Waals surface area contributed by atoms with Gasteiger partial charge in [0.2, 0.25) is 0 Å². The molecule has 0 atom stereocenters. The Morgan fingerprint density at radius 2 is 1.12 bits per heavy atom. The monoisotopic (exact) mass is 836 g/mol. The summed E-state index contributed by atoms with van der Waals surface area (Å²) < 4.78 is 0. The van der Waals surface area contributed by atoms with E-state index in [2.05, 4.69) is 216 Å². The Labute approximate surface area is 383 Å². The Hall–Kier alpha value is -6.84. The lowest BCUT2D eigenvalue weighted by molar-refractivity contribution is 0.660. The second kappa shape index (κ2) is 13.4. The molecule has 0 fully saturated rings. The molecule has 0 saturated heterocycles. The summed E-state index contributed by atoms with van der Waals surface area (Å²) in [5, 5.41) is 3.77. The smallest absolute Gasteiger partial charge is 0.198 e. The molecule has 0 amide bonds. The van der Waals surface area contributed by atoms with Gasteiger partial charge in [-0.3, -0.25) is 0 Å². The number of nitrogens with zero attached hydrogens (tertiary/aromatic N) is 1. The predicted octanol–water partition coefficient (Wildman–Crippen LogP) is 14.6. The van der Waals surface area contributed by atoms with Gasteiger partial charge in [-0.2, -0.15) is 0 Å². The fourth-order valence-corrected chi connectivity index (χ4v) is 12.7. The van der Waals surface area contributed by atoms with Gasteiger partial charge in [0.1, 0.15) is 0 Å². The number of aromatic amines is 1. The minimum absolute atomic E-state index is 0.0833. The van der Waals surface area contributed by atoms with Crippen LogP contribution in [0.4, 0.5) is 17.1 Å². The van der Waals surface area contributed by atoms with Crippen molar-refractivity contribution >= 4 is 62.5 Å². The topological polar surface area (TPSA) is 19.0 Å². The molecule has 13 rings (SSSR count). The SMILES string of the molecule is CCC/C=C(\c1cc2cc3ccccc3cc2[nH]1)c1cc2c(c3c1Bc1cc4c(cc1N3c1ccc3c(c1)-c1ccccc1C3(C)C)-c1ccccc1C4(C)C)-c1ccccc1C2(C)C. The first-order valence-electron chi connectivity index (χ1n) is 23.8. The number of unbranched alkanes of at least 4 members (excludes halogenated alkanes) is 1. The number of aromatic nitrogens is 1. The highest BCUT2D eigenvalue weighted by molar-refractivity contribution is 6.73. The summed E-state index contributed by atoms with van der Waals surface area (Å²) in [4.78, 5) is 6.69. The third-order valence-corrected chi connectivity index (χ3v) is 16.1. The zero-order chi connectivity index (χ0) is 44.1. The molecule has 2 nitrogen and oxygen atoms in total. The molecular weight excluding hydrogens is 784 g/mol. The van der Waals surface area contributed by atoms with E-state index >= 15 is 0 Å². The Morgan fingerprint density at radius 3 is 1.83 bits per heavy atom. The average Bonchev–Trinajstić information content (AvgIpc) is 3.97. The van der Waals surface area contributed by atoms with Crippen LogP contribution >= 0.6 is 0 Å². The third-order valence-electron chi connectivity index (χ3n) is 16.1. The Morgan fingerprint density at radius 1 is 0.538 bits per heavy atom. The van der Waals surface area contributed by atoms with Crippen LogP contribution in [0.25, 0.3) is 60.6 Å². The lowest BCUT2D eigenvalue weighted by Gasteiger charge is -2.38. The Balaban J connectivity index is 1.14. The molecular formula is C62H53BN2. The first-order chi connectivity index (χ1) is 31.4. The standard InChI is InChI=1S/C62H53BN2/c1-8-9-20-42(55-31-38-29-36-18-10-11-19-37(36)30-54(38)64-55)46-33-52-57(43-23-14-17-26-49(43)62(52,6)7)59-58(46)63-53-35-51-45(41-22-13-16-25-48(41)61(51,4)5)34-56(53)65(59)39-27-28-50-44(32-39)40-21-12-15-24-47(40)60(50,2)3/h10-35,63-64H,8-9H2,1-7H3/b42-20-. The molecule has 0 bridgehead atoms. The number of fused-ring (bicyclic) bond motifs is 14. The molecule has 0 spiro atoms. The molecule has 0 radical (unpaired) electrons. The van der Waals surface area contributed by atoms with Crippen LogP contribution in [0.1, 0.15) is 106 Å². The highest BCUT2D eigenvalue weighted by atomic mass is 15.2. The van der Waals surface area contributed by atoms with Crippen LogP contribution in [0.2, 0.25) is 0 Å². The number of H-pyrrole nitrogens is 1.